The van der Waals surface area contributed by atoms with Crippen LogP contribution in [-0.2, 0) is 28.5 Å². The third-order valence-electron chi connectivity index (χ3n) is 12.5. The summed E-state index contributed by atoms with van der Waals surface area (Å²) >= 11 is 0. The van der Waals surface area contributed by atoms with Crippen LogP contribution in [0.4, 0.5) is 9.59 Å². The van der Waals surface area contributed by atoms with Crippen molar-refractivity contribution < 1.29 is 47.6 Å². The second kappa shape index (κ2) is 23.1. The van der Waals surface area contributed by atoms with Crippen molar-refractivity contribution in [3.05, 3.63) is 132 Å². The molecule has 18 nitrogen and oxygen atoms in total. The highest BCUT2D eigenvalue weighted by molar-refractivity contribution is 5.89. The second-order valence-corrected chi connectivity index (χ2v) is 16.8. The number of hydrogen-bond donors (Lipinski definition) is 4. The number of ether oxygens (including phenoxy) is 6. The Labute approximate surface area is 406 Å². The molecule has 4 amide bonds. The van der Waals surface area contributed by atoms with Gasteiger partial charge in [0.05, 0.1) is 63.3 Å². The largest absolute Gasteiger partial charge is 0.487 e. The van der Waals surface area contributed by atoms with Crippen LogP contribution in [0.25, 0.3) is 33.6 Å². The van der Waals surface area contributed by atoms with Gasteiger partial charge in [0.1, 0.15) is 36.9 Å². The Bertz CT molecular complexity index is 2710. The normalized spacial score (nSPS) is 16.3. The van der Waals surface area contributed by atoms with E-state index in [-0.39, 0.29) is 37.1 Å². The minimum atomic E-state index is -0.951. The Kier molecular flexibility index (Phi) is 16.1. The van der Waals surface area contributed by atoms with Gasteiger partial charge in [-0.3, -0.25) is 9.59 Å². The first kappa shape index (κ1) is 48.7. The van der Waals surface area contributed by atoms with Crippen molar-refractivity contribution in [2.24, 2.45) is 0 Å². The van der Waals surface area contributed by atoms with E-state index < -0.39 is 24.3 Å². The first-order valence-electron chi connectivity index (χ1n) is 23.2. The average Bonchev–Trinajstić information content (AvgIpc) is 4.26. The van der Waals surface area contributed by atoms with Crippen LogP contribution in [0.1, 0.15) is 72.6 Å². The highest BCUT2D eigenvalue weighted by Crippen LogP contribution is 2.46. The van der Waals surface area contributed by atoms with Gasteiger partial charge in [-0.2, -0.15) is 0 Å². The van der Waals surface area contributed by atoms with Crippen LogP contribution in [0.5, 0.6) is 11.5 Å². The van der Waals surface area contributed by atoms with Crippen LogP contribution in [0.15, 0.2) is 109 Å². The molecule has 2 aromatic heterocycles. The van der Waals surface area contributed by atoms with Crippen molar-refractivity contribution in [2.45, 2.75) is 49.9 Å². The van der Waals surface area contributed by atoms with Gasteiger partial charge >= 0.3 is 12.2 Å². The minimum absolute atomic E-state index is 0.230. The monoisotopic (exact) mass is 954 g/mol. The molecule has 2 aliphatic rings. The van der Waals surface area contributed by atoms with Crippen molar-refractivity contribution in [3.8, 4) is 45.1 Å². The summed E-state index contributed by atoms with van der Waals surface area (Å²) in [5.41, 5.74) is 5.92. The molecular weight excluding hydrogens is 897 g/mol. The number of benzene rings is 4. The Balaban J connectivity index is 1.06. The van der Waals surface area contributed by atoms with Crippen molar-refractivity contribution in [1.29, 1.82) is 0 Å². The number of likely N-dealkylation sites (tertiary alicyclic amines) is 2. The fourth-order valence-electron chi connectivity index (χ4n) is 9.05. The molecule has 4 aromatic carbocycles. The van der Waals surface area contributed by atoms with Crippen molar-refractivity contribution in [2.75, 3.05) is 68.0 Å². The molecule has 2 fully saturated rings. The Morgan fingerprint density at radius 2 is 1.01 bits per heavy atom. The topological polar surface area (TPSA) is 212 Å². The van der Waals surface area contributed by atoms with Crippen molar-refractivity contribution in [1.82, 2.24) is 40.4 Å². The Morgan fingerprint density at radius 3 is 1.50 bits per heavy atom. The van der Waals surface area contributed by atoms with Crippen LogP contribution >= 0.6 is 0 Å². The molecule has 0 aliphatic carbocycles. The van der Waals surface area contributed by atoms with Gasteiger partial charge in [0.2, 0.25) is 0 Å². The maximum atomic E-state index is 14.2. The van der Waals surface area contributed by atoms with E-state index in [0.29, 0.717) is 84.7 Å². The molecule has 4 N–H and O–H groups in total. The SMILES string of the molecule is COCCOc1c(-c2ccc(-c3cnc([C@@H]4CCCN4C(=O)[C@H](NC(=O)OC)c4ccccc4)[nH]3)cc2)ccc(-c2cnc([C@@H]3CCCN3C(=O)[C@H](NC(=O)OC)c3ccccc3)[nH]2)c1OCCOC. The number of nitrogens with one attached hydrogen (secondary N) is 4. The summed E-state index contributed by atoms with van der Waals surface area (Å²) in [6.07, 6.45) is 4.99. The molecule has 6 aromatic rings. The van der Waals surface area contributed by atoms with E-state index in [1.165, 1.54) is 14.2 Å². The van der Waals surface area contributed by atoms with Gasteiger partial charge in [-0.25, -0.2) is 19.6 Å². The van der Waals surface area contributed by atoms with Crippen LogP contribution in [0, 0.1) is 0 Å². The summed E-state index contributed by atoms with van der Waals surface area (Å²) in [7, 11) is 5.75. The van der Waals surface area contributed by atoms with E-state index in [2.05, 4.69) is 20.6 Å². The lowest BCUT2D eigenvalue weighted by atomic mass is 9.98. The van der Waals surface area contributed by atoms with Crippen molar-refractivity contribution >= 4 is 24.0 Å². The fraction of sp³-hybridized carbons (Fsp3) is 0.346. The zero-order valence-electron chi connectivity index (χ0n) is 39.6. The smallest absolute Gasteiger partial charge is 0.407 e. The number of nitrogens with zero attached hydrogens (tertiary/aromatic N) is 4. The number of aromatic amines is 2. The molecule has 70 heavy (non-hydrogen) atoms. The number of alkyl carbamates (subject to hydrolysis) is 2. The number of imidazole rings is 2. The van der Waals surface area contributed by atoms with E-state index in [1.54, 1.807) is 60.7 Å². The number of aromatic nitrogens is 4. The summed E-state index contributed by atoms with van der Waals surface area (Å²) < 4.78 is 33.5. The number of methoxy groups -OCH3 is 4. The molecule has 18 heteroatoms. The summed E-state index contributed by atoms with van der Waals surface area (Å²) in [6.45, 7) is 2.12. The lowest BCUT2D eigenvalue weighted by molar-refractivity contribution is -0.135. The summed E-state index contributed by atoms with van der Waals surface area (Å²) in [5.74, 6) is 1.70. The molecule has 0 radical (unpaired) electrons. The molecule has 0 saturated carbocycles. The number of H-pyrrole nitrogens is 2. The van der Waals surface area contributed by atoms with Crippen LogP contribution in [0.3, 0.4) is 0 Å². The van der Waals surface area contributed by atoms with Gasteiger partial charge in [-0.15, -0.1) is 0 Å². The van der Waals surface area contributed by atoms with Gasteiger partial charge in [-0.1, -0.05) is 84.9 Å². The molecule has 8 rings (SSSR count). The number of carbonyl (C=O) groups excluding carboxylic acids is 4. The Morgan fingerprint density at radius 1 is 0.571 bits per heavy atom. The fourth-order valence-corrected chi connectivity index (χ4v) is 9.05. The average molecular weight is 955 g/mol. The third kappa shape index (κ3) is 10.9. The molecule has 2 aliphatic heterocycles. The molecule has 0 spiro atoms. The summed E-state index contributed by atoms with van der Waals surface area (Å²) in [5, 5.41) is 5.44. The molecule has 366 valence electrons. The maximum Gasteiger partial charge on any atom is 0.407 e. The van der Waals surface area contributed by atoms with E-state index in [4.69, 9.17) is 38.4 Å². The molecule has 0 unspecified atom stereocenters. The Hall–Kier alpha value is -7.70. The molecule has 2 saturated heterocycles. The minimum Gasteiger partial charge on any atom is -0.487 e. The number of rotatable bonds is 19. The van der Waals surface area contributed by atoms with Gasteiger partial charge in [0.15, 0.2) is 11.5 Å². The third-order valence-corrected chi connectivity index (χ3v) is 12.5. The zero-order valence-corrected chi connectivity index (χ0v) is 39.6. The molecular formula is C52H58N8O10. The predicted molar refractivity (Wildman–Crippen MR) is 259 cm³/mol. The van der Waals surface area contributed by atoms with Gasteiger partial charge < -0.3 is 58.8 Å². The number of hydrogen-bond acceptors (Lipinski definition) is 12. The predicted octanol–water partition coefficient (Wildman–Crippen LogP) is 7.71. The van der Waals surface area contributed by atoms with E-state index in [9.17, 15) is 19.2 Å². The lowest BCUT2D eigenvalue weighted by Gasteiger charge is -2.28. The highest BCUT2D eigenvalue weighted by atomic mass is 16.6. The van der Waals surface area contributed by atoms with Gasteiger partial charge in [0.25, 0.3) is 11.8 Å². The van der Waals surface area contributed by atoms with Crippen LogP contribution in [-0.4, -0.2) is 122 Å². The zero-order chi connectivity index (χ0) is 49.0. The molecule has 0 bridgehead atoms. The summed E-state index contributed by atoms with van der Waals surface area (Å²) in [4.78, 5) is 73.1. The number of amides is 4. The van der Waals surface area contributed by atoms with Crippen LogP contribution < -0.4 is 20.1 Å². The molecule has 4 atom stereocenters. The quantitative estimate of drug-likeness (QED) is 0.0576. The maximum absolute atomic E-state index is 14.2. The summed E-state index contributed by atoms with van der Waals surface area (Å²) in [6, 6.07) is 27.5. The molecule has 4 heterocycles. The van der Waals surface area contributed by atoms with E-state index >= 15 is 0 Å². The van der Waals surface area contributed by atoms with Crippen LogP contribution in [0.2, 0.25) is 0 Å². The standard InChI is InChI=1S/C52H58N8O10/c1-65-27-29-69-45-37(33-19-21-34(22-20-33)39-31-53-47(55-39)41-17-11-25-59(41)49(61)43(57-51(63)67-3)35-13-7-5-8-14-35)23-24-38(46(45)70-30-28-66-2)40-32-54-48(56-40)42-18-12-26-60(42)50(62)44(58-52(64)68-4)36-15-9-6-10-16-36/h5-10,13-16,19-24,31-32,41-44H,11-12,17-18,25-30H2,1-4H3,(H,53,55)(H,54,56)(H,57,63)(H,58,64)/t41-,42-,43+,44+/m0/s1. The highest BCUT2D eigenvalue weighted by Gasteiger charge is 2.39. The van der Waals surface area contributed by atoms with Gasteiger partial charge in [0, 0.05) is 38.4 Å². The first-order valence-corrected chi connectivity index (χ1v) is 23.2. The number of carbonyl (C=O) groups is 4. The van der Waals surface area contributed by atoms with Gasteiger partial charge in [-0.05, 0) is 60.1 Å². The van der Waals surface area contributed by atoms with E-state index in [1.807, 2.05) is 72.8 Å². The van der Waals surface area contributed by atoms with E-state index in [0.717, 1.165) is 35.2 Å². The van der Waals surface area contributed by atoms with Crippen molar-refractivity contribution in [3.63, 3.8) is 0 Å². The second-order valence-electron chi connectivity index (χ2n) is 16.8. The lowest BCUT2D eigenvalue weighted by Crippen LogP contribution is -2.42. The first-order chi connectivity index (χ1) is 34.2.